The quantitative estimate of drug-likeness (QED) is 0.722. The van der Waals surface area contributed by atoms with E-state index in [9.17, 15) is 13.2 Å². The maximum Gasteiger partial charge on any atom is 0.416 e. The van der Waals surface area contributed by atoms with Crippen LogP contribution < -0.4 is 4.74 Å². The van der Waals surface area contributed by atoms with Crippen LogP contribution in [0.5, 0.6) is 5.88 Å². The summed E-state index contributed by atoms with van der Waals surface area (Å²) in [5.41, 5.74) is 0.519. The molecule has 0 radical (unpaired) electrons. The maximum atomic E-state index is 12.6. The molecule has 1 aliphatic rings. The van der Waals surface area contributed by atoms with E-state index in [2.05, 4.69) is 4.98 Å². The van der Waals surface area contributed by atoms with Gasteiger partial charge in [0.05, 0.1) is 12.2 Å². The van der Waals surface area contributed by atoms with Gasteiger partial charge < -0.3 is 4.74 Å². The zero-order valence-corrected chi connectivity index (χ0v) is 13.0. The Labute approximate surface area is 137 Å². The summed E-state index contributed by atoms with van der Waals surface area (Å²) >= 11 is 6.31. The van der Waals surface area contributed by atoms with Gasteiger partial charge >= 0.3 is 6.18 Å². The summed E-state index contributed by atoms with van der Waals surface area (Å²) in [7, 11) is 0. The fraction of sp³-hybridized carbons (Fsp3) is 0.353. The molecule has 0 aliphatic heterocycles. The van der Waals surface area contributed by atoms with Crippen molar-refractivity contribution in [3.8, 4) is 17.0 Å². The van der Waals surface area contributed by atoms with E-state index in [1.54, 1.807) is 12.3 Å². The van der Waals surface area contributed by atoms with Crippen LogP contribution in [0.15, 0.2) is 36.5 Å². The number of benzene rings is 1. The van der Waals surface area contributed by atoms with Crippen LogP contribution in [0.4, 0.5) is 13.2 Å². The van der Waals surface area contributed by atoms with Crippen molar-refractivity contribution >= 4 is 11.6 Å². The minimum atomic E-state index is -4.35. The number of nitrogens with zero attached hydrogens (tertiary/aromatic N) is 1. The van der Waals surface area contributed by atoms with Gasteiger partial charge in [0, 0.05) is 11.8 Å². The number of alkyl halides is 3. The van der Waals surface area contributed by atoms with Crippen molar-refractivity contribution in [2.45, 2.75) is 25.4 Å². The summed E-state index contributed by atoms with van der Waals surface area (Å²) in [5, 5.41) is 0.326. The van der Waals surface area contributed by atoms with Crippen molar-refractivity contribution in [2.75, 3.05) is 6.61 Å². The fourth-order valence-corrected chi connectivity index (χ4v) is 2.72. The van der Waals surface area contributed by atoms with Crippen LogP contribution in [0.1, 0.15) is 24.8 Å². The summed E-state index contributed by atoms with van der Waals surface area (Å²) < 4.78 is 43.5. The molecule has 122 valence electrons. The van der Waals surface area contributed by atoms with Crippen molar-refractivity contribution in [1.29, 1.82) is 0 Å². The maximum absolute atomic E-state index is 12.6. The van der Waals surface area contributed by atoms with Crippen molar-refractivity contribution in [1.82, 2.24) is 4.98 Å². The lowest BCUT2D eigenvalue weighted by Gasteiger charge is -2.25. The molecular formula is C17H15ClF3NO. The van der Waals surface area contributed by atoms with Crippen molar-refractivity contribution in [3.05, 3.63) is 47.1 Å². The standard InChI is InChI=1S/C17H15ClF3NO/c18-15-14(12-4-6-13(7-5-12)17(19,20)21)8-9-22-16(15)23-10-11-2-1-3-11/h4-9,11H,1-3,10H2. The van der Waals surface area contributed by atoms with Gasteiger partial charge in [-0.2, -0.15) is 13.2 Å². The first kappa shape index (κ1) is 16.1. The Hall–Kier alpha value is -1.75. The molecule has 3 rings (SSSR count). The molecule has 23 heavy (non-hydrogen) atoms. The van der Waals surface area contributed by atoms with Gasteiger partial charge in [-0.15, -0.1) is 0 Å². The predicted molar refractivity (Wildman–Crippen MR) is 82.5 cm³/mol. The summed E-state index contributed by atoms with van der Waals surface area (Å²) in [6, 6.07) is 6.56. The molecular weight excluding hydrogens is 327 g/mol. The lowest BCUT2D eigenvalue weighted by molar-refractivity contribution is -0.137. The second-order valence-electron chi connectivity index (χ2n) is 5.66. The molecule has 0 spiro atoms. The molecule has 2 aromatic rings. The second-order valence-corrected chi connectivity index (χ2v) is 6.04. The highest BCUT2D eigenvalue weighted by Crippen LogP contribution is 2.36. The third-order valence-corrected chi connectivity index (χ3v) is 4.43. The van der Waals surface area contributed by atoms with Crippen LogP contribution in [-0.2, 0) is 6.18 Å². The molecule has 0 saturated heterocycles. The third-order valence-electron chi connectivity index (χ3n) is 4.06. The predicted octanol–water partition coefficient (Wildman–Crippen LogP) is 5.60. The Balaban J connectivity index is 1.81. The Kier molecular flexibility index (Phi) is 4.48. The van der Waals surface area contributed by atoms with Gasteiger partial charge in [0.25, 0.3) is 0 Å². The summed E-state index contributed by atoms with van der Waals surface area (Å²) in [6.07, 6.45) is 0.722. The van der Waals surface area contributed by atoms with Crippen molar-refractivity contribution in [2.24, 2.45) is 5.92 Å². The Morgan fingerprint density at radius 1 is 1.13 bits per heavy atom. The summed E-state index contributed by atoms with van der Waals surface area (Å²) in [5.74, 6) is 0.874. The number of halogens is 4. The van der Waals surface area contributed by atoms with E-state index >= 15 is 0 Å². The summed E-state index contributed by atoms with van der Waals surface area (Å²) in [4.78, 5) is 4.12. The third kappa shape index (κ3) is 3.61. The first-order valence-electron chi connectivity index (χ1n) is 7.40. The molecule has 1 aromatic carbocycles. The first-order chi connectivity index (χ1) is 10.9. The molecule has 0 N–H and O–H groups in total. The minimum Gasteiger partial charge on any atom is -0.476 e. The Morgan fingerprint density at radius 2 is 1.83 bits per heavy atom. The monoisotopic (exact) mass is 341 g/mol. The topological polar surface area (TPSA) is 22.1 Å². The lowest BCUT2D eigenvalue weighted by Crippen LogP contribution is -2.19. The second kappa shape index (κ2) is 6.40. The molecule has 1 aromatic heterocycles. The highest BCUT2D eigenvalue weighted by Gasteiger charge is 2.30. The van der Waals surface area contributed by atoms with Crippen molar-refractivity contribution in [3.63, 3.8) is 0 Å². The van der Waals surface area contributed by atoms with Gasteiger partial charge in [0.2, 0.25) is 5.88 Å². The molecule has 1 saturated carbocycles. The number of aromatic nitrogens is 1. The number of ether oxygens (including phenoxy) is 1. The number of pyridine rings is 1. The average molecular weight is 342 g/mol. The highest BCUT2D eigenvalue weighted by molar-refractivity contribution is 6.34. The van der Waals surface area contributed by atoms with Crippen LogP contribution in [0.25, 0.3) is 11.1 Å². The van der Waals surface area contributed by atoms with Crippen LogP contribution in [-0.4, -0.2) is 11.6 Å². The van der Waals surface area contributed by atoms with E-state index in [-0.39, 0.29) is 0 Å². The van der Waals surface area contributed by atoms with Gasteiger partial charge in [-0.25, -0.2) is 4.98 Å². The van der Waals surface area contributed by atoms with Gasteiger partial charge in [-0.3, -0.25) is 0 Å². The van der Waals surface area contributed by atoms with E-state index < -0.39 is 11.7 Å². The molecule has 0 unspecified atom stereocenters. The van der Waals surface area contributed by atoms with Gasteiger partial charge in [0.15, 0.2) is 0 Å². The summed E-state index contributed by atoms with van der Waals surface area (Å²) in [6.45, 7) is 0.573. The SMILES string of the molecule is FC(F)(F)c1ccc(-c2ccnc(OCC3CCC3)c2Cl)cc1. The lowest BCUT2D eigenvalue weighted by atomic mass is 9.86. The smallest absolute Gasteiger partial charge is 0.416 e. The minimum absolute atomic E-state index is 0.326. The normalized spacial score (nSPS) is 15.3. The molecule has 0 atom stereocenters. The first-order valence-corrected chi connectivity index (χ1v) is 7.78. The highest BCUT2D eigenvalue weighted by atomic mass is 35.5. The van der Waals surface area contributed by atoms with Crippen LogP contribution in [0, 0.1) is 5.92 Å². The van der Waals surface area contributed by atoms with E-state index in [0.717, 1.165) is 25.0 Å². The number of hydrogen-bond acceptors (Lipinski definition) is 2. The Morgan fingerprint density at radius 3 is 2.39 bits per heavy atom. The van der Waals surface area contributed by atoms with Crippen LogP contribution in [0.2, 0.25) is 5.02 Å². The van der Waals surface area contributed by atoms with Crippen molar-refractivity contribution < 1.29 is 17.9 Å². The Bertz CT molecular complexity index is 681. The molecule has 1 aliphatic carbocycles. The molecule has 6 heteroatoms. The average Bonchev–Trinajstić information content (AvgIpc) is 2.47. The molecule has 1 heterocycles. The van der Waals surface area contributed by atoms with Crippen LogP contribution >= 0.6 is 11.6 Å². The molecule has 0 amide bonds. The van der Waals surface area contributed by atoms with Crippen LogP contribution in [0.3, 0.4) is 0 Å². The molecule has 0 bridgehead atoms. The fourth-order valence-electron chi connectivity index (χ4n) is 2.44. The number of hydrogen-bond donors (Lipinski definition) is 0. The van der Waals surface area contributed by atoms with Gasteiger partial charge in [-0.1, -0.05) is 30.2 Å². The zero-order valence-electron chi connectivity index (χ0n) is 12.2. The van der Waals surface area contributed by atoms with E-state index in [4.69, 9.17) is 16.3 Å². The van der Waals surface area contributed by atoms with Gasteiger partial charge in [-0.05, 0) is 42.5 Å². The molecule has 2 nitrogen and oxygen atoms in total. The van der Waals surface area contributed by atoms with E-state index in [1.807, 2.05) is 0 Å². The number of rotatable bonds is 4. The molecule has 1 fully saturated rings. The van der Waals surface area contributed by atoms with E-state index in [0.29, 0.717) is 34.6 Å². The largest absolute Gasteiger partial charge is 0.476 e. The van der Waals surface area contributed by atoms with E-state index in [1.165, 1.54) is 18.6 Å². The zero-order chi connectivity index (χ0) is 16.4. The van der Waals surface area contributed by atoms with Gasteiger partial charge in [0.1, 0.15) is 5.02 Å².